The number of hydrogen-bond donors (Lipinski definition) is 5. The maximum atomic E-state index is 10.6. The third-order valence-electron chi connectivity index (χ3n) is 3.44. The summed E-state index contributed by atoms with van der Waals surface area (Å²) in [7, 11) is 0. The summed E-state index contributed by atoms with van der Waals surface area (Å²) in [6.07, 6.45) is 0.0866. The molecule has 0 saturated carbocycles. The van der Waals surface area contributed by atoms with Gasteiger partial charge in [-0.25, -0.2) is 0 Å². The third-order valence-corrected chi connectivity index (χ3v) is 3.44. The van der Waals surface area contributed by atoms with Crippen molar-refractivity contribution in [1.82, 2.24) is 15.1 Å². The highest BCUT2D eigenvalue weighted by molar-refractivity contribution is 5.70. The molecule has 1 rings (SSSR count). The molecule has 0 aromatic rings. The third kappa shape index (κ3) is 15.3. The predicted molar refractivity (Wildman–Crippen MR) is 90.1 cm³/mol. The lowest BCUT2D eigenvalue weighted by atomic mass is 10.2. The summed E-state index contributed by atoms with van der Waals surface area (Å²) in [5, 5.41) is 36.7. The minimum Gasteiger partial charge on any atom is -0.481 e. The number of carboxylic acids is 4. The highest BCUT2D eigenvalue weighted by Crippen LogP contribution is 1.95. The largest absolute Gasteiger partial charge is 0.481 e. The smallest absolute Gasteiger partial charge is 0.317 e. The summed E-state index contributed by atoms with van der Waals surface area (Å²) < 4.78 is 0. The monoisotopic (exact) mass is 377 g/mol. The first-order valence-electron chi connectivity index (χ1n) is 8.23. The first kappa shape index (κ1) is 23.8. The molecule has 1 saturated heterocycles. The summed E-state index contributed by atoms with van der Waals surface area (Å²) in [6.45, 7) is 3.98. The van der Waals surface area contributed by atoms with Crippen molar-refractivity contribution >= 4 is 23.9 Å². The highest BCUT2D eigenvalue weighted by atomic mass is 16.4. The van der Waals surface area contributed by atoms with Crippen LogP contribution in [0.1, 0.15) is 19.3 Å². The van der Waals surface area contributed by atoms with Crippen LogP contribution < -0.4 is 5.32 Å². The van der Waals surface area contributed by atoms with Gasteiger partial charge in [0.1, 0.15) is 0 Å². The first-order chi connectivity index (χ1) is 12.2. The number of nitrogens with one attached hydrogen (secondary N) is 1. The zero-order chi connectivity index (χ0) is 19.9. The van der Waals surface area contributed by atoms with Crippen LogP contribution in [0.5, 0.6) is 0 Å². The zero-order valence-electron chi connectivity index (χ0n) is 14.6. The van der Waals surface area contributed by atoms with Gasteiger partial charge in [-0.05, 0) is 6.42 Å². The van der Waals surface area contributed by atoms with Gasteiger partial charge in [0.25, 0.3) is 0 Å². The molecule has 0 spiro atoms. The fourth-order valence-corrected chi connectivity index (χ4v) is 2.20. The Morgan fingerprint density at radius 3 is 1.35 bits per heavy atom. The van der Waals surface area contributed by atoms with Gasteiger partial charge in [-0.3, -0.25) is 29.0 Å². The van der Waals surface area contributed by atoms with Crippen LogP contribution >= 0.6 is 0 Å². The molecule has 0 aromatic carbocycles. The van der Waals surface area contributed by atoms with Gasteiger partial charge in [0.15, 0.2) is 0 Å². The average Bonchev–Trinajstić information content (AvgIpc) is 2.59. The molecule has 1 heterocycles. The molecule has 1 aliphatic heterocycles. The highest BCUT2D eigenvalue weighted by Gasteiger charge is 2.15. The van der Waals surface area contributed by atoms with Crippen molar-refractivity contribution in [3.05, 3.63) is 0 Å². The quantitative estimate of drug-likeness (QED) is 0.340. The topological polar surface area (TPSA) is 168 Å². The Labute approximate surface area is 151 Å². The molecule has 150 valence electrons. The minimum absolute atomic E-state index is 0.00257. The van der Waals surface area contributed by atoms with Crippen molar-refractivity contribution in [2.75, 3.05) is 52.4 Å². The maximum Gasteiger partial charge on any atom is 0.317 e. The van der Waals surface area contributed by atoms with Crippen LogP contribution in [0.25, 0.3) is 0 Å². The van der Waals surface area contributed by atoms with Crippen molar-refractivity contribution in [3.8, 4) is 0 Å². The molecule has 0 radical (unpaired) electrons. The molecule has 11 heteroatoms. The second-order valence-electron chi connectivity index (χ2n) is 5.73. The summed E-state index contributed by atoms with van der Waals surface area (Å²) >= 11 is 0. The maximum absolute atomic E-state index is 10.6. The number of carboxylic acid groups (broad SMARTS) is 4. The summed E-state index contributed by atoms with van der Waals surface area (Å²) in [6, 6.07) is 0. The molecule has 0 atom stereocenters. The van der Waals surface area contributed by atoms with Crippen molar-refractivity contribution in [1.29, 1.82) is 0 Å². The van der Waals surface area contributed by atoms with Crippen LogP contribution in [0.15, 0.2) is 0 Å². The van der Waals surface area contributed by atoms with Crippen LogP contribution in [0.4, 0.5) is 0 Å². The molecule has 26 heavy (non-hydrogen) atoms. The summed E-state index contributed by atoms with van der Waals surface area (Å²) in [5.74, 6) is -3.60. The molecule has 0 aliphatic carbocycles. The van der Waals surface area contributed by atoms with E-state index in [1.54, 1.807) is 0 Å². The van der Waals surface area contributed by atoms with Gasteiger partial charge < -0.3 is 25.7 Å². The van der Waals surface area contributed by atoms with Crippen LogP contribution in [0, 0.1) is 0 Å². The van der Waals surface area contributed by atoms with Crippen molar-refractivity contribution in [2.45, 2.75) is 19.3 Å². The number of carbonyl (C=O) groups is 4. The first-order valence-corrected chi connectivity index (χ1v) is 8.23. The normalized spacial score (nSPS) is 16.3. The Morgan fingerprint density at radius 1 is 0.654 bits per heavy atom. The molecule has 0 aromatic heterocycles. The molecule has 5 N–H and O–H groups in total. The van der Waals surface area contributed by atoms with Crippen LogP contribution in [0.3, 0.4) is 0 Å². The molecular formula is C15H27N3O8. The Morgan fingerprint density at radius 2 is 1.04 bits per heavy atom. The van der Waals surface area contributed by atoms with E-state index in [0.29, 0.717) is 26.2 Å². The fourth-order valence-electron chi connectivity index (χ4n) is 2.20. The molecular weight excluding hydrogens is 350 g/mol. The predicted octanol–water partition coefficient (Wildman–Crippen LogP) is -1.31. The Bertz CT molecular complexity index is 432. The van der Waals surface area contributed by atoms with E-state index < -0.39 is 23.9 Å². The standard InChI is InChI=1S/C10H19N3O4.C5H8O4/c14-9(15)7-12-3-1-11-2-4-13(6-5-12)8-10(16)17;6-4(7)2-1-3-5(8)9/h11H,1-8H2,(H,14,15)(H,16,17);1-3H2,(H,6,7)(H,8,9). The van der Waals surface area contributed by atoms with E-state index in [4.69, 9.17) is 20.4 Å². The Kier molecular flexibility index (Phi) is 12.8. The van der Waals surface area contributed by atoms with Crippen molar-refractivity contribution in [3.63, 3.8) is 0 Å². The molecule has 0 unspecified atom stereocenters. The average molecular weight is 377 g/mol. The lowest BCUT2D eigenvalue weighted by Crippen LogP contribution is -2.40. The van der Waals surface area contributed by atoms with Crippen LogP contribution in [-0.4, -0.2) is 106 Å². The molecule has 11 nitrogen and oxygen atoms in total. The second-order valence-corrected chi connectivity index (χ2v) is 5.73. The molecule has 0 bridgehead atoms. The van der Waals surface area contributed by atoms with E-state index in [1.807, 2.05) is 9.80 Å². The van der Waals surface area contributed by atoms with Gasteiger partial charge in [-0.15, -0.1) is 0 Å². The fraction of sp³-hybridized carbons (Fsp3) is 0.733. The molecule has 1 fully saturated rings. The van der Waals surface area contributed by atoms with Crippen molar-refractivity contribution in [2.24, 2.45) is 0 Å². The number of nitrogens with zero attached hydrogens (tertiary/aromatic N) is 2. The van der Waals surface area contributed by atoms with E-state index in [-0.39, 0.29) is 32.4 Å². The Hall–Kier alpha value is -2.24. The van der Waals surface area contributed by atoms with Crippen molar-refractivity contribution < 1.29 is 39.6 Å². The minimum atomic E-state index is -0.948. The van der Waals surface area contributed by atoms with E-state index in [1.165, 1.54) is 0 Å². The zero-order valence-corrected chi connectivity index (χ0v) is 14.6. The van der Waals surface area contributed by atoms with Gasteiger partial charge in [0.2, 0.25) is 0 Å². The molecule has 0 amide bonds. The second kappa shape index (κ2) is 14.0. The lowest BCUT2D eigenvalue weighted by molar-refractivity contribution is -0.140. The number of hydrogen-bond acceptors (Lipinski definition) is 7. The van der Waals surface area contributed by atoms with E-state index >= 15 is 0 Å². The van der Waals surface area contributed by atoms with E-state index in [2.05, 4.69) is 5.32 Å². The van der Waals surface area contributed by atoms with Gasteiger partial charge >= 0.3 is 23.9 Å². The number of aliphatic carboxylic acids is 4. The van der Waals surface area contributed by atoms with Crippen LogP contribution in [-0.2, 0) is 19.2 Å². The van der Waals surface area contributed by atoms with Crippen LogP contribution in [0.2, 0.25) is 0 Å². The van der Waals surface area contributed by atoms with Gasteiger partial charge in [0, 0.05) is 52.1 Å². The van der Waals surface area contributed by atoms with E-state index in [0.717, 1.165) is 13.1 Å². The van der Waals surface area contributed by atoms with Gasteiger partial charge in [0.05, 0.1) is 13.1 Å². The van der Waals surface area contributed by atoms with Gasteiger partial charge in [-0.1, -0.05) is 0 Å². The molecule has 1 aliphatic rings. The summed E-state index contributed by atoms with van der Waals surface area (Å²) in [4.78, 5) is 44.5. The summed E-state index contributed by atoms with van der Waals surface area (Å²) in [5.41, 5.74) is 0. The Balaban J connectivity index is 0.000000590. The SMILES string of the molecule is O=C(O)CCCC(=O)O.O=C(O)CN1CCNCCN(CC(=O)O)CC1. The lowest BCUT2D eigenvalue weighted by Gasteiger charge is -2.23. The van der Waals surface area contributed by atoms with Gasteiger partial charge in [-0.2, -0.15) is 0 Å². The number of rotatable bonds is 8. The van der Waals surface area contributed by atoms with E-state index in [9.17, 15) is 19.2 Å².